The number of carbonyl (C=O) groups is 2. The molecule has 2 rings (SSSR count). The van der Waals surface area contributed by atoms with Crippen molar-refractivity contribution < 1.29 is 9.59 Å². The maximum absolute atomic E-state index is 12.0. The van der Waals surface area contributed by atoms with E-state index in [1.165, 1.54) is 0 Å². The molecule has 1 amide bonds. The van der Waals surface area contributed by atoms with Crippen LogP contribution in [0.5, 0.6) is 0 Å². The molecular weight excluding hydrogens is 294 g/mol. The van der Waals surface area contributed by atoms with Crippen LogP contribution in [0.1, 0.15) is 34.3 Å². The first-order valence-electron chi connectivity index (χ1n) is 6.09. The van der Waals surface area contributed by atoms with Crippen molar-refractivity contribution in [1.82, 2.24) is 0 Å². The Balaban J connectivity index is 2.35. The zero-order valence-electron chi connectivity index (χ0n) is 10.6. The van der Waals surface area contributed by atoms with Gasteiger partial charge in [-0.2, -0.15) is 0 Å². The van der Waals surface area contributed by atoms with Gasteiger partial charge in [0.2, 0.25) is 0 Å². The Labute approximate surface area is 115 Å². The molecule has 96 valence electrons. The molecule has 0 bridgehead atoms. The Morgan fingerprint density at radius 3 is 2.56 bits per heavy atom. The van der Waals surface area contributed by atoms with Gasteiger partial charge in [0.15, 0.2) is 0 Å². The summed E-state index contributed by atoms with van der Waals surface area (Å²) < 4.78 is 0. The van der Waals surface area contributed by atoms with E-state index >= 15 is 0 Å². The largest absolute Gasteiger partial charge is 0.305 e. The third kappa shape index (κ3) is 2.21. The monoisotopic (exact) mass is 309 g/mol. The van der Waals surface area contributed by atoms with Crippen LogP contribution < -0.4 is 4.90 Å². The summed E-state index contributed by atoms with van der Waals surface area (Å²) in [5.74, 6) is -0.741. The minimum atomic E-state index is -0.381. The first-order valence-corrected chi connectivity index (χ1v) is 7.22. The first-order chi connectivity index (χ1) is 8.56. The molecule has 0 aromatic heterocycles. The van der Waals surface area contributed by atoms with Gasteiger partial charge < -0.3 is 4.90 Å². The highest BCUT2D eigenvalue weighted by Crippen LogP contribution is 2.32. The maximum atomic E-state index is 12.0. The predicted octanol–water partition coefficient (Wildman–Crippen LogP) is 3.01. The van der Waals surface area contributed by atoms with Crippen molar-refractivity contribution in [1.29, 1.82) is 0 Å². The molecule has 1 heterocycles. The number of alkyl halides is 1. The number of nitrogens with zero attached hydrogens (tertiary/aromatic N) is 1. The molecule has 0 aliphatic carbocycles. The number of benzene rings is 1. The van der Waals surface area contributed by atoms with Gasteiger partial charge in [-0.1, -0.05) is 22.0 Å². The van der Waals surface area contributed by atoms with Gasteiger partial charge in [-0.25, -0.2) is 0 Å². The van der Waals surface area contributed by atoms with Gasteiger partial charge in [-0.3, -0.25) is 9.59 Å². The van der Waals surface area contributed by atoms with Gasteiger partial charge in [0.25, 0.3) is 11.7 Å². The maximum Gasteiger partial charge on any atom is 0.299 e. The molecule has 1 aliphatic heterocycles. The average Bonchev–Trinajstić information content (AvgIpc) is 2.54. The summed E-state index contributed by atoms with van der Waals surface area (Å²) in [7, 11) is 0. The summed E-state index contributed by atoms with van der Waals surface area (Å²) in [4.78, 5) is 25.6. The zero-order valence-corrected chi connectivity index (χ0v) is 12.2. The van der Waals surface area contributed by atoms with Crippen LogP contribution in [-0.2, 0) is 4.79 Å². The second-order valence-electron chi connectivity index (χ2n) is 4.66. The van der Waals surface area contributed by atoms with Crippen LogP contribution in [0.3, 0.4) is 0 Å². The van der Waals surface area contributed by atoms with E-state index < -0.39 is 0 Å². The van der Waals surface area contributed by atoms with Crippen molar-refractivity contribution >= 4 is 33.3 Å². The lowest BCUT2D eigenvalue weighted by atomic mass is 10.0. The minimum Gasteiger partial charge on any atom is -0.305 e. The lowest BCUT2D eigenvalue weighted by Gasteiger charge is -2.16. The third-order valence-corrected chi connectivity index (χ3v) is 3.74. The molecule has 4 heteroatoms. The smallest absolute Gasteiger partial charge is 0.299 e. The van der Waals surface area contributed by atoms with Crippen molar-refractivity contribution in [2.24, 2.45) is 0 Å². The van der Waals surface area contributed by atoms with Crippen LogP contribution in [0.15, 0.2) is 12.1 Å². The number of carbonyl (C=O) groups excluding carboxylic acids is 2. The van der Waals surface area contributed by atoms with E-state index in [1.54, 1.807) is 4.90 Å². The van der Waals surface area contributed by atoms with Crippen LogP contribution in [0.4, 0.5) is 5.69 Å². The summed E-state index contributed by atoms with van der Waals surface area (Å²) in [6.07, 6.45) is 1.90. The number of anilines is 1. The molecular formula is C14H16BrNO2. The second kappa shape index (κ2) is 5.22. The molecule has 1 aliphatic rings. The standard InChI is InChI=1S/C14H16BrNO2/c1-9-7-10(2)12-11(8-9)16(6-4-3-5-15)14(18)13(12)17/h7-8H,3-6H2,1-2H3. The number of amides is 1. The molecule has 0 saturated heterocycles. The lowest BCUT2D eigenvalue weighted by Crippen LogP contribution is -2.30. The van der Waals surface area contributed by atoms with Crippen molar-refractivity contribution in [3.05, 3.63) is 28.8 Å². The summed E-state index contributed by atoms with van der Waals surface area (Å²) in [5.41, 5.74) is 3.35. The Morgan fingerprint density at radius 1 is 1.17 bits per heavy atom. The van der Waals surface area contributed by atoms with Crippen molar-refractivity contribution in [2.45, 2.75) is 26.7 Å². The second-order valence-corrected chi connectivity index (χ2v) is 5.45. The summed E-state index contributed by atoms with van der Waals surface area (Å²) in [5, 5.41) is 0.919. The molecule has 0 saturated carbocycles. The molecule has 0 unspecified atom stereocenters. The summed E-state index contributed by atoms with van der Waals surface area (Å²) in [6.45, 7) is 4.49. The van der Waals surface area contributed by atoms with E-state index in [-0.39, 0.29) is 11.7 Å². The number of unbranched alkanes of at least 4 members (excludes halogenated alkanes) is 1. The summed E-state index contributed by atoms with van der Waals surface area (Å²) >= 11 is 3.37. The lowest BCUT2D eigenvalue weighted by molar-refractivity contribution is -0.114. The molecule has 1 aromatic carbocycles. The number of aryl methyl sites for hydroxylation is 2. The van der Waals surface area contributed by atoms with Crippen molar-refractivity contribution in [3.8, 4) is 0 Å². The van der Waals surface area contributed by atoms with Gasteiger partial charge in [-0.15, -0.1) is 0 Å². The predicted molar refractivity (Wildman–Crippen MR) is 75.6 cm³/mol. The van der Waals surface area contributed by atoms with E-state index in [0.717, 1.165) is 35.0 Å². The van der Waals surface area contributed by atoms with Crippen molar-refractivity contribution in [3.63, 3.8) is 0 Å². The third-order valence-electron chi connectivity index (χ3n) is 3.18. The highest BCUT2D eigenvalue weighted by Gasteiger charge is 2.36. The van der Waals surface area contributed by atoms with Crippen LogP contribution >= 0.6 is 15.9 Å². The number of Topliss-reactive ketones (excluding diaryl/α,β-unsaturated/α-hetero) is 1. The molecule has 0 atom stereocenters. The number of fused-ring (bicyclic) bond motifs is 1. The molecule has 18 heavy (non-hydrogen) atoms. The van der Waals surface area contributed by atoms with E-state index in [9.17, 15) is 9.59 Å². The molecule has 0 N–H and O–H groups in total. The fraction of sp³-hybridized carbons (Fsp3) is 0.429. The van der Waals surface area contributed by atoms with E-state index in [1.807, 2.05) is 26.0 Å². The van der Waals surface area contributed by atoms with Gasteiger partial charge in [0.05, 0.1) is 11.3 Å². The van der Waals surface area contributed by atoms with E-state index in [4.69, 9.17) is 0 Å². The number of hydrogen-bond acceptors (Lipinski definition) is 2. The Bertz CT molecular complexity index is 511. The topological polar surface area (TPSA) is 37.4 Å². The Hall–Kier alpha value is -1.16. The Kier molecular flexibility index (Phi) is 3.85. The fourth-order valence-electron chi connectivity index (χ4n) is 2.38. The molecule has 0 fully saturated rings. The number of halogens is 1. The van der Waals surface area contributed by atoms with Crippen LogP contribution in [0.25, 0.3) is 0 Å². The first kappa shape index (κ1) is 13.3. The Morgan fingerprint density at radius 2 is 1.89 bits per heavy atom. The number of rotatable bonds is 4. The molecule has 3 nitrogen and oxygen atoms in total. The normalized spacial score (nSPS) is 14.3. The number of hydrogen-bond donors (Lipinski definition) is 0. The fourth-order valence-corrected chi connectivity index (χ4v) is 2.78. The van der Waals surface area contributed by atoms with Crippen LogP contribution in [-0.4, -0.2) is 23.6 Å². The highest BCUT2D eigenvalue weighted by molar-refractivity contribution is 9.09. The number of ketones is 1. The molecule has 0 spiro atoms. The summed E-state index contributed by atoms with van der Waals surface area (Å²) in [6, 6.07) is 3.88. The van der Waals surface area contributed by atoms with Crippen molar-refractivity contribution in [2.75, 3.05) is 16.8 Å². The van der Waals surface area contributed by atoms with Gasteiger partial charge in [-0.05, 0) is 43.9 Å². The minimum absolute atomic E-state index is 0.360. The molecule has 1 aromatic rings. The average molecular weight is 310 g/mol. The van der Waals surface area contributed by atoms with E-state index in [2.05, 4.69) is 15.9 Å². The van der Waals surface area contributed by atoms with Gasteiger partial charge in [0, 0.05) is 11.9 Å². The SMILES string of the molecule is Cc1cc(C)c2c(c1)N(CCCCBr)C(=O)C2=O. The van der Waals surface area contributed by atoms with Gasteiger partial charge >= 0.3 is 0 Å². The van der Waals surface area contributed by atoms with Crippen LogP contribution in [0.2, 0.25) is 0 Å². The zero-order chi connectivity index (χ0) is 13.3. The van der Waals surface area contributed by atoms with Crippen LogP contribution in [0, 0.1) is 13.8 Å². The van der Waals surface area contributed by atoms with E-state index in [0.29, 0.717) is 12.1 Å². The molecule has 0 radical (unpaired) electrons. The highest BCUT2D eigenvalue weighted by atomic mass is 79.9. The quantitative estimate of drug-likeness (QED) is 0.487. The van der Waals surface area contributed by atoms with Gasteiger partial charge in [0.1, 0.15) is 0 Å².